The first-order chi connectivity index (χ1) is 37.5. The molecule has 0 aromatic rings. The van der Waals surface area contributed by atoms with Crippen molar-refractivity contribution in [1.82, 2.24) is 0 Å². The zero-order valence-corrected chi connectivity index (χ0v) is 51.6. The van der Waals surface area contributed by atoms with Crippen molar-refractivity contribution in [2.75, 3.05) is 13.2 Å². The Morgan fingerprint density at radius 3 is 0.658 bits per heavy atom. The number of hydrogen-bond donors (Lipinski definition) is 0. The number of carbonyl (C=O) groups is 3. The largest absolute Gasteiger partial charge is 0.462 e. The maximum absolute atomic E-state index is 12.9. The van der Waals surface area contributed by atoms with Crippen LogP contribution in [0.5, 0.6) is 0 Å². The van der Waals surface area contributed by atoms with E-state index in [1.807, 2.05) is 0 Å². The van der Waals surface area contributed by atoms with Gasteiger partial charge in [-0.3, -0.25) is 14.4 Å². The summed E-state index contributed by atoms with van der Waals surface area (Å²) in [6.45, 7) is 6.67. The second-order valence-corrected chi connectivity index (χ2v) is 23.4. The average molecular weight is 1070 g/mol. The molecule has 6 heteroatoms. The van der Waals surface area contributed by atoms with Gasteiger partial charge < -0.3 is 14.2 Å². The van der Waals surface area contributed by atoms with Crippen molar-refractivity contribution in [3.05, 3.63) is 24.3 Å². The molecule has 0 aliphatic rings. The molecule has 0 aliphatic carbocycles. The minimum Gasteiger partial charge on any atom is -0.462 e. The Hall–Kier alpha value is -2.11. The molecule has 0 aliphatic heterocycles. The first-order valence-electron chi connectivity index (χ1n) is 34.3. The van der Waals surface area contributed by atoms with Gasteiger partial charge in [0.2, 0.25) is 0 Å². The maximum atomic E-state index is 12.9. The van der Waals surface area contributed by atoms with E-state index < -0.39 is 6.10 Å². The SMILES string of the molecule is CCCCCCCC/C=C\CCCCCCCCCCCC(=O)OC(COC(=O)CCCCCCCCCC)COC(=O)CCCCCCCCCCCCCCCCCCCCC/C=C\CCCCCCCCCC. The van der Waals surface area contributed by atoms with Crippen LogP contribution in [0.4, 0.5) is 0 Å². The fraction of sp³-hybridized carbons (Fsp3) is 0.900. The standard InChI is InChI=1S/C70H132O6/c1-4-7-10-13-16-19-21-23-25-27-29-30-31-32-33-34-35-36-37-38-39-40-42-43-45-47-49-51-54-57-60-63-69(72)75-66-67(65-74-68(71)62-59-56-53-18-15-12-9-6-3)76-70(73)64-61-58-55-52-50-48-46-44-41-28-26-24-22-20-17-14-11-8-5-2/h24,26-27,29,67H,4-23,25,28,30-66H2,1-3H3/b26-24-,29-27-. The highest BCUT2D eigenvalue weighted by Crippen LogP contribution is 2.18. The number of esters is 3. The van der Waals surface area contributed by atoms with Gasteiger partial charge in [-0.2, -0.15) is 0 Å². The normalized spacial score (nSPS) is 12.1. The van der Waals surface area contributed by atoms with Crippen LogP contribution in [0.3, 0.4) is 0 Å². The molecular formula is C70H132O6. The van der Waals surface area contributed by atoms with E-state index in [1.54, 1.807) is 0 Å². The predicted molar refractivity (Wildman–Crippen MR) is 330 cm³/mol. The Balaban J connectivity index is 4.02. The van der Waals surface area contributed by atoms with Gasteiger partial charge in [-0.15, -0.1) is 0 Å². The summed E-state index contributed by atoms with van der Waals surface area (Å²) in [4.78, 5) is 38.2. The molecule has 448 valence electrons. The number of ether oxygens (including phenoxy) is 3. The molecule has 0 aromatic carbocycles. The molecule has 1 unspecified atom stereocenters. The van der Waals surface area contributed by atoms with Gasteiger partial charge in [0.25, 0.3) is 0 Å². The average Bonchev–Trinajstić information content (AvgIpc) is 3.42. The predicted octanol–water partition coefficient (Wildman–Crippen LogP) is 23.4. The number of rotatable bonds is 64. The molecule has 0 saturated carbocycles. The highest BCUT2D eigenvalue weighted by molar-refractivity contribution is 5.71. The fourth-order valence-corrected chi connectivity index (χ4v) is 10.5. The molecule has 0 radical (unpaired) electrons. The molecule has 0 bridgehead atoms. The van der Waals surface area contributed by atoms with Gasteiger partial charge in [-0.1, -0.05) is 321 Å². The quantitative estimate of drug-likeness (QED) is 0.0261. The molecule has 0 amide bonds. The van der Waals surface area contributed by atoms with Crippen LogP contribution in [0, 0.1) is 0 Å². The van der Waals surface area contributed by atoms with Crippen LogP contribution < -0.4 is 0 Å². The van der Waals surface area contributed by atoms with Crippen molar-refractivity contribution in [3.8, 4) is 0 Å². The van der Waals surface area contributed by atoms with E-state index in [1.165, 1.54) is 289 Å². The molecule has 0 aromatic heterocycles. The zero-order chi connectivity index (χ0) is 55.0. The Labute approximate surface area is 474 Å². The first kappa shape index (κ1) is 73.9. The van der Waals surface area contributed by atoms with Crippen LogP contribution in [-0.4, -0.2) is 37.2 Å². The minimum atomic E-state index is -0.767. The third-order valence-corrected chi connectivity index (χ3v) is 15.7. The molecular weight excluding hydrogens is 937 g/mol. The number of carbonyl (C=O) groups excluding carboxylic acids is 3. The van der Waals surface area contributed by atoms with Crippen molar-refractivity contribution < 1.29 is 28.6 Å². The highest BCUT2D eigenvalue weighted by Gasteiger charge is 2.19. The second-order valence-electron chi connectivity index (χ2n) is 23.4. The van der Waals surface area contributed by atoms with Gasteiger partial charge in [0, 0.05) is 19.3 Å². The van der Waals surface area contributed by atoms with Crippen molar-refractivity contribution in [3.63, 3.8) is 0 Å². The third-order valence-electron chi connectivity index (χ3n) is 15.7. The minimum absolute atomic E-state index is 0.0663. The lowest BCUT2D eigenvalue weighted by Gasteiger charge is -2.18. The third kappa shape index (κ3) is 62.7. The molecule has 6 nitrogen and oxygen atoms in total. The lowest BCUT2D eigenvalue weighted by molar-refractivity contribution is -0.167. The van der Waals surface area contributed by atoms with Crippen molar-refractivity contribution in [1.29, 1.82) is 0 Å². The lowest BCUT2D eigenvalue weighted by atomic mass is 10.0. The monoisotopic (exact) mass is 1070 g/mol. The highest BCUT2D eigenvalue weighted by atomic mass is 16.6. The van der Waals surface area contributed by atoms with E-state index in [0.29, 0.717) is 19.3 Å². The van der Waals surface area contributed by atoms with Crippen LogP contribution in [-0.2, 0) is 28.6 Å². The van der Waals surface area contributed by atoms with Crippen molar-refractivity contribution in [2.45, 2.75) is 393 Å². The molecule has 1 atom stereocenters. The summed E-state index contributed by atoms with van der Waals surface area (Å²) in [5, 5.41) is 0. The van der Waals surface area contributed by atoms with Gasteiger partial charge in [0.15, 0.2) is 6.10 Å². The van der Waals surface area contributed by atoms with Crippen molar-refractivity contribution >= 4 is 17.9 Å². The Kier molecular flexibility index (Phi) is 63.6. The van der Waals surface area contributed by atoms with Crippen LogP contribution in [0.2, 0.25) is 0 Å². The van der Waals surface area contributed by atoms with Crippen LogP contribution in [0.15, 0.2) is 24.3 Å². The van der Waals surface area contributed by atoms with Gasteiger partial charge in [-0.05, 0) is 70.6 Å². The van der Waals surface area contributed by atoms with E-state index >= 15 is 0 Å². The topological polar surface area (TPSA) is 78.9 Å². The summed E-state index contributed by atoms with van der Waals surface area (Å²) in [6, 6.07) is 0. The summed E-state index contributed by atoms with van der Waals surface area (Å²) >= 11 is 0. The zero-order valence-electron chi connectivity index (χ0n) is 51.6. The summed E-state index contributed by atoms with van der Waals surface area (Å²) in [7, 11) is 0. The van der Waals surface area contributed by atoms with Gasteiger partial charge in [0.05, 0.1) is 0 Å². The van der Waals surface area contributed by atoms with Crippen LogP contribution in [0.1, 0.15) is 387 Å². The van der Waals surface area contributed by atoms with E-state index in [4.69, 9.17) is 14.2 Å². The Morgan fingerprint density at radius 2 is 0.434 bits per heavy atom. The maximum Gasteiger partial charge on any atom is 0.306 e. The number of hydrogen-bond acceptors (Lipinski definition) is 6. The molecule has 0 rings (SSSR count). The van der Waals surface area contributed by atoms with Crippen molar-refractivity contribution in [2.24, 2.45) is 0 Å². The smallest absolute Gasteiger partial charge is 0.306 e. The molecule has 0 saturated heterocycles. The summed E-state index contributed by atoms with van der Waals surface area (Å²) in [6.07, 6.45) is 79.5. The molecule has 0 N–H and O–H groups in total. The number of allylic oxidation sites excluding steroid dienone is 4. The van der Waals surface area contributed by atoms with E-state index in [9.17, 15) is 14.4 Å². The number of unbranched alkanes of at least 4 members (excludes halogenated alkanes) is 49. The van der Waals surface area contributed by atoms with Gasteiger partial charge in [-0.25, -0.2) is 0 Å². The van der Waals surface area contributed by atoms with Crippen LogP contribution in [0.25, 0.3) is 0 Å². The summed E-state index contributed by atoms with van der Waals surface area (Å²) in [5.74, 6) is -0.847. The second kappa shape index (κ2) is 65.4. The first-order valence-corrected chi connectivity index (χ1v) is 34.3. The Bertz CT molecular complexity index is 1230. The molecule has 76 heavy (non-hydrogen) atoms. The Morgan fingerprint density at radius 1 is 0.250 bits per heavy atom. The van der Waals surface area contributed by atoms with Gasteiger partial charge in [0.1, 0.15) is 13.2 Å². The lowest BCUT2D eigenvalue weighted by Crippen LogP contribution is -2.30. The van der Waals surface area contributed by atoms with Crippen LogP contribution >= 0.6 is 0 Å². The van der Waals surface area contributed by atoms with E-state index in [0.717, 1.165) is 57.8 Å². The van der Waals surface area contributed by atoms with E-state index in [-0.39, 0.29) is 31.1 Å². The van der Waals surface area contributed by atoms with Gasteiger partial charge >= 0.3 is 17.9 Å². The molecule has 0 fully saturated rings. The van der Waals surface area contributed by atoms with E-state index in [2.05, 4.69) is 45.1 Å². The molecule has 0 heterocycles. The fourth-order valence-electron chi connectivity index (χ4n) is 10.5. The molecule has 0 spiro atoms. The summed E-state index contributed by atoms with van der Waals surface area (Å²) < 4.78 is 16.9. The summed E-state index contributed by atoms with van der Waals surface area (Å²) in [5.41, 5.74) is 0.